The Morgan fingerprint density at radius 3 is 2.65 bits per heavy atom. The minimum absolute atomic E-state index is 0.0853. The standard InChI is InChI=1S/C14H25N5O/c1-10(12-15-17-18-16-12)9-19(4)13(20)14(2,3)11-7-5-6-8-11/h10-11H,5-9H2,1-4H3,(H,15,16,17,18)/t10-/m0/s1. The summed E-state index contributed by atoms with van der Waals surface area (Å²) in [5, 5.41) is 14.0. The van der Waals surface area contributed by atoms with Gasteiger partial charge in [0, 0.05) is 24.9 Å². The quantitative estimate of drug-likeness (QED) is 0.894. The highest BCUT2D eigenvalue weighted by Gasteiger charge is 2.39. The molecule has 0 radical (unpaired) electrons. The van der Waals surface area contributed by atoms with Crippen LogP contribution in [0.1, 0.15) is 58.2 Å². The van der Waals surface area contributed by atoms with Crippen LogP contribution in [0.25, 0.3) is 0 Å². The molecule has 1 aliphatic carbocycles. The maximum Gasteiger partial charge on any atom is 0.228 e. The summed E-state index contributed by atoms with van der Waals surface area (Å²) >= 11 is 0. The van der Waals surface area contributed by atoms with Crippen molar-refractivity contribution < 1.29 is 4.79 Å². The van der Waals surface area contributed by atoms with E-state index in [1.165, 1.54) is 25.7 Å². The van der Waals surface area contributed by atoms with E-state index in [0.717, 1.165) is 0 Å². The third kappa shape index (κ3) is 2.99. The van der Waals surface area contributed by atoms with Crippen molar-refractivity contribution in [3.63, 3.8) is 0 Å². The second-order valence-electron chi connectivity index (χ2n) is 6.56. The molecule has 112 valence electrons. The summed E-state index contributed by atoms with van der Waals surface area (Å²) in [5.74, 6) is 1.48. The lowest BCUT2D eigenvalue weighted by Gasteiger charge is -2.35. The topological polar surface area (TPSA) is 74.8 Å². The molecule has 1 fully saturated rings. The van der Waals surface area contributed by atoms with Crippen LogP contribution in [0, 0.1) is 11.3 Å². The summed E-state index contributed by atoms with van der Waals surface area (Å²) < 4.78 is 0. The first-order chi connectivity index (χ1) is 9.43. The summed E-state index contributed by atoms with van der Waals surface area (Å²) in [6, 6.07) is 0. The average Bonchev–Trinajstić information content (AvgIpc) is 3.10. The highest BCUT2D eigenvalue weighted by molar-refractivity contribution is 5.82. The Morgan fingerprint density at radius 2 is 2.10 bits per heavy atom. The first-order valence-electron chi connectivity index (χ1n) is 7.42. The van der Waals surface area contributed by atoms with E-state index in [4.69, 9.17) is 0 Å². The molecule has 1 saturated carbocycles. The molecule has 0 aliphatic heterocycles. The molecule has 1 aromatic rings. The Morgan fingerprint density at radius 1 is 1.45 bits per heavy atom. The fraction of sp³-hybridized carbons (Fsp3) is 0.857. The zero-order valence-electron chi connectivity index (χ0n) is 12.9. The predicted octanol–water partition coefficient (Wildman–Crippen LogP) is 1.98. The number of likely N-dealkylation sites (N-methyl/N-ethyl adjacent to an activating group) is 1. The van der Waals surface area contributed by atoms with Gasteiger partial charge >= 0.3 is 0 Å². The van der Waals surface area contributed by atoms with Crippen LogP contribution < -0.4 is 0 Å². The van der Waals surface area contributed by atoms with Crippen molar-refractivity contribution in [3.8, 4) is 0 Å². The molecule has 0 aromatic carbocycles. The molecule has 1 atom stereocenters. The molecular formula is C14H25N5O. The van der Waals surface area contributed by atoms with Crippen molar-refractivity contribution in [3.05, 3.63) is 5.82 Å². The van der Waals surface area contributed by atoms with Crippen LogP contribution in [-0.2, 0) is 4.79 Å². The van der Waals surface area contributed by atoms with E-state index in [1.54, 1.807) is 0 Å². The van der Waals surface area contributed by atoms with Crippen molar-refractivity contribution in [2.24, 2.45) is 11.3 Å². The number of rotatable bonds is 5. The SMILES string of the molecule is C[C@@H](CN(C)C(=O)C(C)(C)C1CCCC1)c1nn[nH]n1. The van der Waals surface area contributed by atoms with Crippen LogP contribution in [0.3, 0.4) is 0 Å². The summed E-state index contributed by atoms with van der Waals surface area (Å²) in [6.07, 6.45) is 4.86. The van der Waals surface area contributed by atoms with Gasteiger partial charge in [-0.05, 0) is 18.8 Å². The number of hydrogen-bond donors (Lipinski definition) is 1. The van der Waals surface area contributed by atoms with Crippen molar-refractivity contribution in [1.82, 2.24) is 25.5 Å². The number of hydrogen-bond acceptors (Lipinski definition) is 4. The van der Waals surface area contributed by atoms with Crippen molar-refractivity contribution in [1.29, 1.82) is 0 Å². The van der Waals surface area contributed by atoms with E-state index in [1.807, 2.05) is 18.9 Å². The van der Waals surface area contributed by atoms with Gasteiger partial charge < -0.3 is 4.90 Å². The first kappa shape index (κ1) is 14.9. The van der Waals surface area contributed by atoms with Gasteiger partial charge in [-0.2, -0.15) is 5.21 Å². The minimum Gasteiger partial charge on any atom is -0.345 e. The average molecular weight is 279 g/mol. The molecule has 1 heterocycles. The lowest BCUT2D eigenvalue weighted by atomic mass is 9.76. The molecule has 2 rings (SSSR count). The second kappa shape index (κ2) is 5.89. The zero-order valence-corrected chi connectivity index (χ0v) is 12.9. The van der Waals surface area contributed by atoms with Crippen LogP contribution in [-0.4, -0.2) is 45.0 Å². The van der Waals surface area contributed by atoms with Gasteiger partial charge in [0.2, 0.25) is 5.91 Å². The number of aromatic amines is 1. The van der Waals surface area contributed by atoms with Crippen LogP contribution in [0.5, 0.6) is 0 Å². The number of tetrazole rings is 1. The van der Waals surface area contributed by atoms with Crippen LogP contribution in [0.2, 0.25) is 0 Å². The van der Waals surface area contributed by atoms with Gasteiger partial charge in [-0.15, -0.1) is 10.2 Å². The molecule has 1 N–H and O–H groups in total. The fourth-order valence-electron chi connectivity index (χ4n) is 3.27. The molecule has 20 heavy (non-hydrogen) atoms. The number of amides is 1. The Hall–Kier alpha value is -1.46. The lowest BCUT2D eigenvalue weighted by Crippen LogP contribution is -2.43. The Labute approximate surface area is 120 Å². The predicted molar refractivity (Wildman–Crippen MR) is 76.0 cm³/mol. The van der Waals surface area contributed by atoms with Gasteiger partial charge in [0.25, 0.3) is 0 Å². The molecule has 1 aromatic heterocycles. The third-order valence-corrected chi connectivity index (χ3v) is 4.62. The van der Waals surface area contributed by atoms with E-state index in [9.17, 15) is 4.79 Å². The maximum absolute atomic E-state index is 12.7. The number of aromatic nitrogens is 4. The highest BCUT2D eigenvalue weighted by atomic mass is 16.2. The monoisotopic (exact) mass is 279 g/mol. The molecule has 1 aliphatic rings. The molecular weight excluding hydrogens is 254 g/mol. The van der Waals surface area contributed by atoms with Gasteiger partial charge in [0.05, 0.1) is 0 Å². The van der Waals surface area contributed by atoms with E-state index < -0.39 is 0 Å². The molecule has 6 nitrogen and oxygen atoms in total. The summed E-state index contributed by atoms with van der Waals surface area (Å²) in [7, 11) is 1.87. The van der Waals surface area contributed by atoms with E-state index in [0.29, 0.717) is 18.3 Å². The van der Waals surface area contributed by atoms with Gasteiger partial charge in [0.1, 0.15) is 0 Å². The fourth-order valence-corrected chi connectivity index (χ4v) is 3.27. The molecule has 0 bridgehead atoms. The molecule has 6 heteroatoms. The number of nitrogens with one attached hydrogen (secondary N) is 1. The van der Waals surface area contributed by atoms with E-state index in [-0.39, 0.29) is 17.2 Å². The molecule has 0 saturated heterocycles. The van der Waals surface area contributed by atoms with Crippen LogP contribution >= 0.6 is 0 Å². The van der Waals surface area contributed by atoms with Crippen molar-refractivity contribution in [2.45, 2.75) is 52.4 Å². The van der Waals surface area contributed by atoms with Crippen LogP contribution in [0.4, 0.5) is 0 Å². The Balaban J connectivity index is 1.97. The van der Waals surface area contributed by atoms with Gasteiger partial charge in [-0.25, -0.2) is 0 Å². The summed E-state index contributed by atoms with van der Waals surface area (Å²) in [4.78, 5) is 14.5. The van der Waals surface area contributed by atoms with Gasteiger partial charge in [0.15, 0.2) is 5.82 Å². The number of nitrogens with zero attached hydrogens (tertiary/aromatic N) is 4. The van der Waals surface area contributed by atoms with Crippen molar-refractivity contribution in [2.75, 3.05) is 13.6 Å². The minimum atomic E-state index is -0.276. The molecule has 0 unspecified atom stereocenters. The van der Waals surface area contributed by atoms with E-state index >= 15 is 0 Å². The first-order valence-corrected chi connectivity index (χ1v) is 7.42. The summed E-state index contributed by atoms with van der Waals surface area (Å²) in [6.45, 7) is 6.80. The third-order valence-electron chi connectivity index (χ3n) is 4.62. The van der Waals surface area contributed by atoms with Gasteiger partial charge in [-0.3, -0.25) is 4.79 Å². The normalized spacial score (nSPS) is 18.2. The zero-order chi connectivity index (χ0) is 14.8. The number of H-pyrrole nitrogens is 1. The van der Waals surface area contributed by atoms with Crippen molar-refractivity contribution >= 4 is 5.91 Å². The number of carbonyl (C=O) groups is 1. The Kier molecular flexibility index (Phi) is 4.40. The molecule has 1 amide bonds. The molecule has 0 spiro atoms. The van der Waals surface area contributed by atoms with Gasteiger partial charge in [-0.1, -0.05) is 38.8 Å². The second-order valence-corrected chi connectivity index (χ2v) is 6.56. The lowest BCUT2D eigenvalue weighted by molar-refractivity contribution is -0.142. The summed E-state index contributed by atoms with van der Waals surface area (Å²) in [5.41, 5.74) is -0.276. The Bertz CT molecular complexity index is 436. The van der Waals surface area contributed by atoms with E-state index in [2.05, 4.69) is 34.5 Å². The smallest absolute Gasteiger partial charge is 0.228 e. The highest BCUT2D eigenvalue weighted by Crippen LogP contribution is 2.40. The van der Waals surface area contributed by atoms with Crippen LogP contribution in [0.15, 0.2) is 0 Å². The number of carbonyl (C=O) groups excluding carboxylic acids is 1. The maximum atomic E-state index is 12.7. The largest absolute Gasteiger partial charge is 0.345 e.